The molecule has 4 N–H and O–H groups in total. The van der Waals surface area contributed by atoms with Crippen LogP contribution in [-0.2, 0) is 51.3 Å². The van der Waals surface area contributed by atoms with Crippen molar-refractivity contribution in [1.29, 1.82) is 0 Å². The van der Waals surface area contributed by atoms with Crippen LogP contribution in [-0.4, -0.2) is 97.8 Å². The molecule has 0 spiro atoms. The molecule has 284 valence electrons. The molecule has 2 aromatic rings. The number of nitrogens with zero attached hydrogens (tertiary/aromatic N) is 2. The van der Waals surface area contributed by atoms with Gasteiger partial charge in [0.2, 0.25) is 5.69 Å². The fourth-order valence-corrected chi connectivity index (χ4v) is 8.94. The highest BCUT2D eigenvalue weighted by atomic mass is 32.2. The van der Waals surface area contributed by atoms with E-state index in [9.17, 15) is 61.8 Å². The smallest absolute Gasteiger partial charge is 0.336 e. The molecule has 0 bridgehead atoms. The first-order valence-electron chi connectivity index (χ1n) is 15.5. The highest BCUT2D eigenvalue weighted by Gasteiger charge is 2.47. The lowest BCUT2D eigenvalue weighted by Crippen LogP contribution is -2.28. The predicted octanol–water partition coefficient (Wildman–Crippen LogP) is 3.26. The number of para-hydroxylation sites is 1. The number of carboxylic acid groups (broad SMARTS) is 1. The van der Waals surface area contributed by atoms with Gasteiger partial charge in [-0.05, 0) is 44.5 Å². The average molecular weight is 803 g/mol. The zero-order chi connectivity index (χ0) is 39.2. The van der Waals surface area contributed by atoms with Gasteiger partial charge in [-0.2, -0.15) is 29.8 Å². The molecular weight excluding hydrogens is 765 g/mol. The lowest BCUT2D eigenvalue weighted by Gasteiger charge is -2.27. The van der Waals surface area contributed by atoms with E-state index in [1.165, 1.54) is 21.6 Å². The third kappa shape index (κ3) is 8.71. The molecular formula is C32H38N2O14S4. The molecule has 2 aromatic carbocycles. The van der Waals surface area contributed by atoms with Crippen LogP contribution in [0.2, 0.25) is 0 Å². The monoisotopic (exact) mass is 802 g/mol. The fourth-order valence-electron chi connectivity index (χ4n) is 6.72. The van der Waals surface area contributed by atoms with E-state index in [2.05, 4.69) is 0 Å². The van der Waals surface area contributed by atoms with Gasteiger partial charge in [0.05, 0.1) is 31.7 Å². The maximum Gasteiger partial charge on any atom is 0.336 e. The Morgan fingerprint density at radius 3 is 2.08 bits per heavy atom. The van der Waals surface area contributed by atoms with Gasteiger partial charge in [0.15, 0.2) is 10.6 Å². The zero-order valence-corrected chi connectivity index (χ0v) is 31.7. The van der Waals surface area contributed by atoms with Crippen molar-refractivity contribution in [1.82, 2.24) is 0 Å². The van der Waals surface area contributed by atoms with Crippen molar-refractivity contribution in [2.24, 2.45) is 0 Å². The Bertz CT molecular complexity index is 2390. The van der Waals surface area contributed by atoms with E-state index < -0.39 is 84.1 Å². The van der Waals surface area contributed by atoms with Gasteiger partial charge in [-0.1, -0.05) is 44.2 Å². The number of aromatic carboxylic acids is 1. The Morgan fingerprint density at radius 1 is 0.865 bits per heavy atom. The van der Waals surface area contributed by atoms with E-state index in [0.29, 0.717) is 17.0 Å². The number of benzene rings is 2. The number of hydrogen-bond acceptors (Lipinski definition) is 11. The maximum absolute atomic E-state index is 12.3. The first kappa shape index (κ1) is 41.0. The first-order chi connectivity index (χ1) is 23.7. The summed E-state index contributed by atoms with van der Waals surface area (Å²) in [4.78, 5) is 12.7. The van der Waals surface area contributed by atoms with Crippen LogP contribution in [0.15, 0.2) is 76.2 Å². The van der Waals surface area contributed by atoms with E-state index in [4.69, 9.17) is 0 Å². The maximum atomic E-state index is 12.3. The van der Waals surface area contributed by atoms with Gasteiger partial charge >= 0.3 is 16.1 Å². The molecule has 20 heteroatoms. The third-order valence-corrected chi connectivity index (χ3v) is 12.2. The molecule has 0 atom stereocenters. The van der Waals surface area contributed by atoms with E-state index in [-0.39, 0.29) is 42.9 Å². The van der Waals surface area contributed by atoms with Gasteiger partial charge < -0.3 is 14.6 Å². The predicted molar refractivity (Wildman–Crippen MR) is 189 cm³/mol. The van der Waals surface area contributed by atoms with Crippen molar-refractivity contribution in [2.75, 3.05) is 29.5 Å². The van der Waals surface area contributed by atoms with Crippen LogP contribution in [0.4, 0.5) is 11.4 Å². The number of rotatable bonds is 14. The van der Waals surface area contributed by atoms with E-state index >= 15 is 0 Å². The molecule has 2 aliphatic rings. The minimum Gasteiger partial charge on any atom is -0.748 e. The van der Waals surface area contributed by atoms with Crippen LogP contribution in [0.5, 0.6) is 0 Å². The molecule has 2 heterocycles. The summed E-state index contributed by atoms with van der Waals surface area (Å²) in [6, 6.07) is 6.25. The summed E-state index contributed by atoms with van der Waals surface area (Å²) in [7, 11) is -18.5. The highest BCUT2D eigenvalue weighted by Crippen LogP contribution is 2.50. The van der Waals surface area contributed by atoms with Gasteiger partial charge in [-0.15, -0.1) is 0 Å². The Hall–Kier alpha value is -3.76. The molecule has 2 aliphatic heterocycles. The fraction of sp³-hybridized carbons (Fsp3) is 0.375. The number of fused-ring (bicyclic) bond motifs is 2. The number of carboxylic acids is 1. The van der Waals surface area contributed by atoms with Crippen LogP contribution in [0.25, 0.3) is 0 Å². The summed E-state index contributed by atoms with van der Waals surface area (Å²) in [5.74, 6) is -2.84. The van der Waals surface area contributed by atoms with Crippen molar-refractivity contribution < 1.29 is 66.4 Å². The van der Waals surface area contributed by atoms with Crippen LogP contribution in [0, 0.1) is 0 Å². The minimum absolute atomic E-state index is 0.0830. The summed E-state index contributed by atoms with van der Waals surface area (Å²) in [6.07, 6.45) is 7.64. The van der Waals surface area contributed by atoms with E-state index in [1.54, 1.807) is 64.1 Å². The second kappa shape index (κ2) is 14.2. The largest absolute Gasteiger partial charge is 0.748 e. The molecule has 0 radical (unpaired) electrons. The van der Waals surface area contributed by atoms with E-state index in [0.717, 1.165) is 12.1 Å². The summed E-state index contributed by atoms with van der Waals surface area (Å²) in [6.45, 7) is 6.74. The molecule has 0 saturated heterocycles. The molecule has 0 amide bonds. The van der Waals surface area contributed by atoms with Gasteiger partial charge in [0.25, 0.3) is 20.2 Å². The van der Waals surface area contributed by atoms with Gasteiger partial charge in [-0.3, -0.25) is 13.7 Å². The van der Waals surface area contributed by atoms with Gasteiger partial charge in [0, 0.05) is 52.7 Å². The molecule has 0 saturated carbocycles. The van der Waals surface area contributed by atoms with Crippen molar-refractivity contribution in [3.05, 3.63) is 83.1 Å². The molecule has 16 nitrogen and oxygen atoms in total. The standard InChI is InChI=1S/C32H38N2O14S4/c1-31(2)23-11-8-12-25(52(46,47)48)29(23)34(16-10-18-50(40,41)42)26(31)13-6-5-7-14-27-32(3,4)28-22(30(35)36)19-21(51(43,44)45)20-24(28)33(27)15-9-17-49(37,38)39/h5-8,11-14,19-20H,9-10,15-18H2,1-4H3,(H4-,35,36,37,38,39,40,41,42,43,44,45,46,47,48). The number of carbonyl (C=O) groups is 1. The van der Waals surface area contributed by atoms with Crippen LogP contribution >= 0.6 is 0 Å². The molecule has 0 unspecified atom stereocenters. The van der Waals surface area contributed by atoms with Crippen molar-refractivity contribution in [3.63, 3.8) is 0 Å². The Labute approximate surface area is 302 Å². The van der Waals surface area contributed by atoms with Crippen LogP contribution in [0.1, 0.15) is 62.0 Å². The SMILES string of the molecule is CC1(C)C(/C=C/C=C/C=C2/N(CCCS(=O)(=O)O)c3cc(S(=O)(=O)O)cc(C(=O)O)c3C2(C)C)=[N+](CCCS(=O)(=O)[O-])c2c1cccc2S(=O)(=O)O. The highest BCUT2D eigenvalue weighted by molar-refractivity contribution is 7.86. The van der Waals surface area contributed by atoms with Gasteiger partial charge in [0.1, 0.15) is 6.54 Å². The van der Waals surface area contributed by atoms with Crippen molar-refractivity contribution in [3.8, 4) is 0 Å². The van der Waals surface area contributed by atoms with Gasteiger partial charge in [-0.25, -0.2) is 13.2 Å². The summed E-state index contributed by atoms with van der Waals surface area (Å²) in [5.41, 5.74) is -0.531. The third-order valence-electron chi connectivity index (χ3n) is 8.91. The quantitative estimate of drug-likeness (QED) is 0.121. The van der Waals surface area contributed by atoms with Crippen molar-refractivity contribution in [2.45, 2.75) is 61.2 Å². The minimum atomic E-state index is -4.86. The molecule has 0 aromatic heterocycles. The van der Waals surface area contributed by atoms with Crippen LogP contribution in [0.3, 0.4) is 0 Å². The molecule has 0 fully saturated rings. The Morgan fingerprint density at radius 2 is 1.52 bits per heavy atom. The number of allylic oxidation sites excluding steroid dienone is 6. The average Bonchev–Trinajstić information content (AvgIpc) is 3.33. The second-order valence-electron chi connectivity index (χ2n) is 13.3. The summed E-state index contributed by atoms with van der Waals surface area (Å²) >= 11 is 0. The Balaban J connectivity index is 1.82. The zero-order valence-electron chi connectivity index (χ0n) is 28.4. The normalized spacial score (nSPS) is 18.2. The summed E-state index contributed by atoms with van der Waals surface area (Å²) in [5, 5.41) is 10.0. The van der Waals surface area contributed by atoms with E-state index in [1.807, 2.05) is 0 Å². The summed E-state index contributed by atoms with van der Waals surface area (Å²) < 4.78 is 136. The second-order valence-corrected chi connectivity index (χ2v) is 19.2. The lowest BCUT2D eigenvalue weighted by molar-refractivity contribution is -0.440. The topological polar surface area (TPSA) is 264 Å². The number of hydrogen-bond donors (Lipinski definition) is 4. The molecule has 0 aliphatic carbocycles. The Kier molecular flexibility index (Phi) is 11.2. The first-order valence-corrected chi connectivity index (χ1v) is 21.6. The van der Waals surface area contributed by atoms with Crippen LogP contribution < -0.4 is 4.90 Å². The molecule has 4 rings (SSSR count). The molecule has 52 heavy (non-hydrogen) atoms. The lowest BCUT2D eigenvalue weighted by atomic mass is 9.81. The number of anilines is 1. The van der Waals surface area contributed by atoms with Crippen molar-refractivity contribution >= 4 is 63.5 Å².